The maximum atomic E-state index is 11.5. The summed E-state index contributed by atoms with van der Waals surface area (Å²) in [7, 11) is 1.35. The molecule has 5 heteroatoms. The van der Waals surface area contributed by atoms with Gasteiger partial charge in [0.05, 0.1) is 20.1 Å². The van der Waals surface area contributed by atoms with Crippen LogP contribution >= 0.6 is 0 Å². The van der Waals surface area contributed by atoms with Crippen LogP contribution in [0.1, 0.15) is 27.2 Å². The minimum atomic E-state index is -0.324. The summed E-state index contributed by atoms with van der Waals surface area (Å²) in [5, 5.41) is 0. The van der Waals surface area contributed by atoms with Gasteiger partial charge in [-0.2, -0.15) is 0 Å². The van der Waals surface area contributed by atoms with Gasteiger partial charge in [-0.1, -0.05) is 6.92 Å². The molecule has 1 unspecified atom stereocenters. The summed E-state index contributed by atoms with van der Waals surface area (Å²) in [6, 6.07) is -0.324. The number of hydrogen-bond acceptors (Lipinski definition) is 5. The van der Waals surface area contributed by atoms with E-state index in [1.54, 1.807) is 13.8 Å². The fourth-order valence-corrected chi connectivity index (χ4v) is 1.37. The Labute approximate surface area is 96.7 Å². The molecule has 0 radical (unpaired) electrons. The van der Waals surface area contributed by atoms with Gasteiger partial charge in [0.25, 0.3) is 0 Å². The molecule has 0 saturated carbocycles. The number of ether oxygens (including phenoxy) is 2. The first-order valence-electron chi connectivity index (χ1n) is 5.54. The van der Waals surface area contributed by atoms with Crippen LogP contribution in [-0.2, 0) is 19.1 Å². The molecular formula is C11H21NO4. The Morgan fingerprint density at radius 2 is 1.94 bits per heavy atom. The number of hydrogen-bond donors (Lipinski definition) is 0. The molecule has 0 aliphatic heterocycles. The lowest BCUT2D eigenvalue weighted by atomic mass is 10.2. The van der Waals surface area contributed by atoms with Crippen LogP contribution in [0.2, 0.25) is 0 Å². The van der Waals surface area contributed by atoms with Crippen LogP contribution in [0.25, 0.3) is 0 Å². The highest BCUT2D eigenvalue weighted by Crippen LogP contribution is 2.03. The minimum Gasteiger partial charge on any atom is -0.469 e. The summed E-state index contributed by atoms with van der Waals surface area (Å²) >= 11 is 0. The maximum absolute atomic E-state index is 11.5. The number of nitrogens with zero attached hydrogens (tertiary/aromatic N) is 1. The third kappa shape index (κ3) is 5.11. The van der Waals surface area contributed by atoms with Crippen LogP contribution in [0.3, 0.4) is 0 Å². The van der Waals surface area contributed by atoms with Crippen LogP contribution in [0, 0.1) is 0 Å². The van der Waals surface area contributed by atoms with Gasteiger partial charge in [0.2, 0.25) is 0 Å². The highest BCUT2D eigenvalue weighted by molar-refractivity contribution is 5.75. The molecule has 0 aliphatic rings. The summed E-state index contributed by atoms with van der Waals surface area (Å²) in [4.78, 5) is 24.3. The van der Waals surface area contributed by atoms with Gasteiger partial charge in [-0.15, -0.1) is 0 Å². The Balaban J connectivity index is 4.15. The molecule has 16 heavy (non-hydrogen) atoms. The van der Waals surface area contributed by atoms with Crippen LogP contribution in [-0.4, -0.2) is 49.7 Å². The monoisotopic (exact) mass is 231 g/mol. The molecule has 0 heterocycles. The Hall–Kier alpha value is -1.10. The van der Waals surface area contributed by atoms with E-state index in [1.165, 1.54) is 7.11 Å². The van der Waals surface area contributed by atoms with Gasteiger partial charge in [-0.05, 0) is 20.4 Å². The minimum absolute atomic E-state index is 0.255. The fraction of sp³-hybridized carbons (Fsp3) is 0.818. The smallest absolute Gasteiger partial charge is 0.323 e. The van der Waals surface area contributed by atoms with E-state index in [-0.39, 0.29) is 24.4 Å². The molecular weight excluding hydrogens is 210 g/mol. The number of methoxy groups -OCH3 is 1. The van der Waals surface area contributed by atoms with Crippen molar-refractivity contribution in [2.45, 2.75) is 33.2 Å². The van der Waals surface area contributed by atoms with Gasteiger partial charge in [0.15, 0.2) is 0 Å². The lowest BCUT2D eigenvalue weighted by molar-refractivity contribution is -0.150. The van der Waals surface area contributed by atoms with Crippen molar-refractivity contribution in [3.63, 3.8) is 0 Å². The molecule has 94 valence electrons. The molecule has 0 amide bonds. The summed E-state index contributed by atoms with van der Waals surface area (Å²) in [6.45, 7) is 7.05. The Bertz CT molecular complexity index is 230. The highest BCUT2D eigenvalue weighted by Gasteiger charge is 2.21. The molecule has 0 bridgehead atoms. The summed E-state index contributed by atoms with van der Waals surface area (Å²) in [5.41, 5.74) is 0. The number of esters is 2. The van der Waals surface area contributed by atoms with Gasteiger partial charge in [-0.3, -0.25) is 14.5 Å². The third-order valence-corrected chi connectivity index (χ3v) is 2.41. The van der Waals surface area contributed by atoms with E-state index in [9.17, 15) is 9.59 Å². The second-order valence-corrected chi connectivity index (χ2v) is 3.38. The largest absolute Gasteiger partial charge is 0.469 e. The van der Waals surface area contributed by atoms with E-state index < -0.39 is 0 Å². The lowest BCUT2D eigenvalue weighted by Crippen LogP contribution is -2.41. The zero-order chi connectivity index (χ0) is 12.6. The van der Waals surface area contributed by atoms with Gasteiger partial charge < -0.3 is 9.47 Å². The van der Waals surface area contributed by atoms with Crippen molar-refractivity contribution < 1.29 is 19.1 Å². The lowest BCUT2D eigenvalue weighted by Gasteiger charge is -2.25. The van der Waals surface area contributed by atoms with Crippen molar-refractivity contribution >= 4 is 11.9 Å². The number of rotatable bonds is 7. The average molecular weight is 231 g/mol. The van der Waals surface area contributed by atoms with Crippen LogP contribution in [0.5, 0.6) is 0 Å². The van der Waals surface area contributed by atoms with Crippen LogP contribution in [0.4, 0.5) is 0 Å². The van der Waals surface area contributed by atoms with E-state index in [0.717, 1.165) is 0 Å². The molecule has 1 atom stereocenters. The van der Waals surface area contributed by atoms with Crippen molar-refractivity contribution in [3.05, 3.63) is 0 Å². The van der Waals surface area contributed by atoms with Crippen LogP contribution < -0.4 is 0 Å². The molecule has 0 aliphatic carbocycles. The standard InChI is InChI=1S/C11H21NO4/c1-5-12(8-7-10(13)15-4)9(3)11(14)16-6-2/h9H,5-8H2,1-4H3. The SMILES string of the molecule is CCOC(=O)C(C)N(CC)CCC(=O)OC. The Morgan fingerprint density at radius 3 is 2.38 bits per heavy atom. The van der Waals surface area contributed by atoms with Gasteiger partial charge in [0.1, 0.15) is 6.04 Å². The van der Waals surface area contributed by atoms with Crippen molar-refractivity contribution in [1.29, 1.82) is 0 Å². The molecule has 0 aromatic rings. The topological polar surface area (TPSA) is 55.8 Å². The van der Waals surface area contributed by atoms with Crippen LogP contribution in [0.15, 0.2) is 0 Å². The Kier molecular flexibility index (Phi) is 7.54. The van der Waals surface area contributed by atoms with E-state index >= 15 is 0 Å². The highest BCUT2D eigenvalue weighted by atomic mass is 16.5. The van der Waals surface area contributed by atoms with Gasteiger partial charge in [-0.25, -0.2) is 0 Å². The second kappa shape index (κ2) is 8.10. The fourth-order valence-electron chi connectivity index (χ4n) is 1.37. The van der Waals surface area contributed by atoms with Crippen molar-refractivity contribution in [2.75, 3.05) is 26.8 Å². The quantitative estimate of drug-likeness (QED) is 0.607. The predicted molar refractivity (Wildman–Crippen MR) is 60.0 cm³/mol. The molecule has 0 spiro atoms. The zero-order valence-corrected chi connectivity index (χ0v) is 10.5. The summed E-state index contributed by atoms with van der Waals surface area (Å²) in [6.07, 6.45) is 0.286. The van der Waals surface area contributed by atoms with Crippen molar-refractivity contribution in [1.82, 2.24) is 4.90 Å². The molecule has 0 saturated heterocycles. The van der Waals surface area contributed by atoms with E-state index in [0.29, 0.717) is 19.7 Å². The van der Waals surface area contributed by atoms with Crippen molar-refractivity contribution in [2.24, 2.45) is 0 Å². The first-order valence-corrected chi connectivity index (χ1v) is 5.54. The first kappa shape index (κ1) is 14.9. The molecule has 5 nitrogen and oxygen atoms in total. The first-order chi connectivity index (χ1) is 7.56. The maximum Gasteiger partial charge on any atom is 0.323 e. The molecule has 0 fully saturated rings. The third-order valence-electron chi connectivity index (χ3n) is 2.41. The Morgan fingerprint density at radius 1 is 1.31 bits per heavy atom. The summed E-state index contributed by atoms with van der Waals surface area (Å²) in [5.74, 6) is -0.524. The van der Waals surface area contributed by atoms with E-state index in [4.69, 9.17) is 4.74 Å². The molecule has 0 aromatic heterocycles. The molecule has 0 rings (SSSR count). The van der Waals surface area contributed by atoms with E-state index in [1.807, 2.05) is 11.8 Å². The summed E-state index contributed by atoms with van der Waals surface area (Å²) < 4.78 is 9.47. The zero-order valence-electron chi connectivity index (χ0n) is 10.5. The average Bonchev–Trinajstić information content (AvgIpc) is 2.29. The van der Waals surface area contributed by atoms with Gasteiger partial charge in [0, 0.05) is 6.54 Å². The number of carbonyl (C=O) groups is 2. The second-order valence-electron chi connectivity index (χ2n) is 3.38. The predicted octanol–water partition coefficient (Wildman–Crippen LogP) is 0.823. The molecule has 0 aromatic carbocycles. The van der Waals surface area contributed by atoms with Crippen molar-refractivity contribution in [3.8, 4) is 0 Å². The normalized spacial score (nSPS) is 12.3. The number of carbonyl (C=O) groups excluding carboxylic acids is 2. The van der Waals surface area contributed by atoms with E-state index in [2.05, 4.69) is 4.74 Å². The number of likely N-dealkylation sites (N-methyl/N-ethyl adjacent to an activating group) is 1. The van der Waals surface area contributed by atoms with Gasteiger partial charge >= 0.3 is 11.9 Å². The molecule has 0 N–H and O–H groups in total.